The summed E-state index contributed by atoms with van der Waals surface area (Å²) < 4.78 is 0. The highest BCUT2D eigenvalue weighted by Gasteiger charge is 2.29. The smallest absolute Gasteiger partial charge is 0.263 e. The largest absolute Gasteiger partial charge is 0.346 e. The van der Waals surface area contributed by atoms with Crippen molar-refractivity contribution in [2.75, 3.05) is 13.1 Å². The van der Waals surface area contributed by atoms with Crippen LogP contribution < -0.4 is 10.6 Å². The van der Waals surface area contributed by atoms with E-state index in [0.717, 1.165) is 25.9 Å². The van der Waals surface area contributed by atoms with E-state index in [2.05, 4.69) is 17.6 Å². The number of hydrogen-bond donors (Lipinski definition) is 2. The summed E-state index contributed by atoms with van der Waals surface area (Å²) in [6, 6.07) is 1.76. The molecule has 16 heavy (non-hydrogen) atoms. The number of carbonyl (C=O) groups is 1. The standard InChI is InChI=1S/C11H15ClN2OS/c1-11(3-5-13-6-4-11)14-10(15)9-8(12)2-7-16-9/h2,7,13H,3-6H2,1H3,(H,14,15). The van der Waals surface area contributed by atoms with Gasteiger partial charge in [-0.2, -0.15) is 0 Å². The molecule has 2 rings (SSSR count). The SMILES string of the molecule is CC1(NC(=O)c2sccc2Cl)CCNCC1. The van der Waals surface area contributed by atoms with E-state index in [0.29, 0.717) is 9.90 Å². The monoisotopic (exact) mass is 258 g/mol. The van der Waals surface area contributed by atoms with Crippen molar-refractivity contribution in [1.82, 2.24) is 10.6 Å². The molecule has 1 saturated heterocycles. The fourth-order valence-electron chi connectivity index (χ4n) is 1.89. The summed E-state index contributed by atoms with van der Waals surface area (Å²) in [7, 11) is 0. The Balaban J connectivity index is 2.04. The summed E-state index contributed by atoms with van der Waals surface area (Å²) in [5.41, 5.74) is -0.102. The molecule has 2 N–H and O–H groups in total. The molecule has 5 heteroatoms. The maximum atomic E-state index is 12.0. The van der Waals surface area contributed by atoms with E-state index in [1.54, 1.807) is 6.07 Å². The first-order valence-electron chi connectivity index (χ1n) is 5.37. The molecule has 0 atom stereocenters. The van der Waals surface area contributed by atoms with Crippen LogP contribution in [-0.2, 0) is 0 Å². The van der Waals surface area contributed by atoms with Crippen LogP contribution in [0.2, 0.25) is 5.02 Å². The third-order valence-corrected chi connectivity index (χ3v) is 4.29. The van der Waals surface area contributed by atoms with Gasteiger partial charge >= 0.3 is 0 Å². The second-order valence-corrected chi connectivity index (χ2v) is 5.69. The minimum Gasteiger partial charge on any atom is -0.346 e. The number of halogens is 1. The first kappa shape index (κ1) is 11.9. The average molecular weight is 259 g/mol. The summed E-state index contributed by atoms with van der Waals surface area (Å²) in [5.74, 6) is -0.0515. The molecular formula is C11H15ClN2OS. The van der Waals surface area contributed by atoms with Crippen molar-refractivity contribution < 1.29 is 4.79 Å². The predicted octanol–water partition coefficient (Wildman–Crippen LogP) is 2.27. The zero-order valence-electron chi connectivity index (χ0n) is 9.18. The third kappa shape index (κ3) is 2.56. The van der Waals surface area contributed by atoms with Crippen molar-refractivity contribution in [2.24, 2.45) is 0 Å². The van der Waals surface area contributed by atoms with Gasteiger partial charge in [-0.1, -0.05) is 11.6 Å². The van der Waals surface area contributed by atoms with Gasteiger partial charge < -0.3 is 10.6 Å². The molecule has 0 saturated carbocycles. The Kier molecular flexibility index (Phi) is 3.52. The van der Waals surface area contributed by atoms with Gasteiger partial charge in [-0.25, -0.2) is 0 Å². The van der Waals surface area contributed by atoms with Crippen LogP contribution in [0.3, 0.4) is 0 Å². The van der Waals surface area contributed by atoms with E-state index >= 15 is 0 Å². The molecule has 3 nitrogen and oxygen atoms in total. The van der Waals surface area contributed by atoms with Crippen molar-refractivity contribution in [3.05, 3.63) is 21.3 Å². The Morgan fingerprint density at radius 3 is 2.81 bits per heavy atom. The highest BCUT2D eigenvalue weighted by Crippen LogP contribution is 2.24. The van der Waals surface area contributed by atoms with Gasteiger partial charge in [0.15, 0.2) is 0 Å². The Bertz CT molecular complexity index is 385. The lowest BCUT2D eigenvalue weighted by molar-refractivity contribution is 0.0892. The maximum Gasteiger partial charge on any atom is 0.263 e. The quantitative estimate of drug-likeness (QED) is 0.855. The number of carbonyl (C=O) groups excluding carboxylic acids is 1. The topological polar surface area (TPSA) is 41.1 Å². The molecule has 0 aliphatic carbocycles. The molecule has 1 amide bonds. The molecular weight excluding hydrogens is 244 g/mol. The van der Waals surface area contributed by atoms with Crippen LogP contribution in [0.1, 0.15) is 29.4 Å². The van der Waals surface area contributed by atoms with Crippen LogP contribution in [0, 0.1) is 0 Å². The molecule has 0 spiro atoms. The van der Waals surface area contributed by atoms with E-state index < -0.39 is 0 Å². The minimum atomic E-state index is -0.102. The van der Waals surface area contributed by atoms with Crippen LogP contribution >= 0.6 is 22.9 Å². The molecule has 0 unspecified atom stereocenters. The van der Waals surface area contributed by atoms with E-state index in [1.807, 2.05) is 5.38 Å². The molecule has 2 heterocycles. The van der Waals surface area contributed by atoms with E-state index in [9.17, 15) is 4.79 Å². The number of piperidine rings is 1. The first-order valence-corrected chi connectivity index (χ1v) is 6.63. The lowest BCUT2D eigenvalue weighted by Crippen LogP contribution is -2.52. The third-order valence-electron chi connectivity index (χ3n) is 2.95. The molecule has 1 aromatic heterocycles. The summed E-state index contributed by atoms with van der Waals surface area (Å²) in [6.07, 6.45) is 1.92. The predicted molar refractivity (Wildman–Crippen MR) is 67.3 cm³/mol. The lowest BCUT2D eigenvalue weighted by atomic mass is 9.90. The Morgan fingerprint density at radius 1 is 1.56 bits per heavy atom. The molecule has 88 valence electrons. The molecule has 1 aliphatic rings. The van der Waals surface area contributed by atoms with Gasteiger partial charge in [0.05, 0.1) is 5.02 Å². The molecule has 1 aliphatic heterocycles. The van der Waals surface area contributed by atoms with Gasteiger partial charge in [0.2, 0.25) is 0 Å². The second kappa shape index (κ2) is 4.73. The molecule has 0 aromatic carbocycles. The van der Waals surface area contributed by atoms with Crippen LogP contribution in [0.5, 0.6) is 0 Å². The van der Waals surface area contributed by atoms with E-state index in [4.69, 9.17) is 11.6 Å². The Morgan fingerprint density at radius 2 is 2.25 bits per heavy atom. The molecule has 1 aromatic rings. The summed E-state index contributed by atoms with van der Waals surface area (Å²) in [5, 5.41) is 8.75. The normalized spacial score (nSPS) is 19.4. The van der Waals surface area contributed by atoms with Crippen LogP contribution in [0.4, 0.5) is 0 Å². The number of rotatable bonds is 2. The summed E-state index contributed by atoms with van der Waals surface area (Å²) >= 11 is 7.32. The number of hydrogen-bond acceptors (Lipinski definition) is 3. The Hall–Kier alpha value is -0.580. The van der Waals surface area contributed by atoms with E-state index in [-0.39, 0.29) is 11.4 Å². The average Bonchev–Trinajstić information content (AvgIpc) is 2.65. The summed E-state index contributed by atoms with van der Waals surface area (Å²) in [4.78, 5) is 12.6. The molecule has 0 radical (unpaired) electrons. The summed E-state index contributed by atoms with van der Waals surface area (Å²) in [6.45, 7) is 4.00. The van der Waals surface area contributed by atoms with Crippen LogP contribution in [0.15, 0.2) is 11.4 Å². The van der Waals surface area contributed by atoms with Crippen molar-refractivity contribution >= 4 is 28.8 Å². The van der Waals surface area contributed by atoms with E-state index in [1.165, 1.54) is 11.3 Å². The van der Waals surface area contributed by atoms with Crippen molar-refractivity contribution in [2.45, 2.75) is 25.3 Å². The van der Waals surface area contributed by atoms with Gasteiger partial charge in [0.25, 0.3) is 5.91 Å². The highest BCUT2D eigenvalue weighted by molar-refractivity contribution is 7.12. The highest BCUT2D eigenvalue weighted by atomic mass is 35.5. The number of nitrogens with one attached hydrogen (secondary N) is 2. The van der Waals surface area contributed by atoms with Crippen molar-refractivity contribution in [3.63, 3.8) is 0 Å². The van der Waals surface area contributed by atoms with Crippen LogP contribution in [-0.4, -0.2) is 24.5 Å². The fourth-order valence-corrected chi connectivity index (χ4v) is 2.93. The molecule has 0 bridgehead atoms. The van der Waals surface area contributed by atoms with Crippen molar-refractivity contribution in [3.8, 4) is 0 Å². The van der Waals surface area contributed by atoms with Crippen LogP contribution in [0.25, 0.3) is 0 Å². The fraction of sp³-hybridized carbons (Fsp3) is 0.545. The first-order chi connectivity index (χ1) is 7.61. The zero-order valence-corrected chi connectivity index (χ0v) is 10.8. The number of thiophene rings is 1. The van der Waals surface area contributed by atoms with Gasteiger partial charge in [-0.3, -0.25) is 4.79 Å². The number of amides is 1. The van der Waals surface area contributed by atoms with Gasteiger partial charge in [-0.15, -0.1) is 11.3 Å². The van der Waals surface area contributed by atoms with Gasteiger partial charge in [0.1, 0.15) is 4.88 Å². The zero-order chi connectivity index (χ0) is 11.6. The van der Waals surface area contributed by atoms with Gasteiger partial charge in [-0.05, 0) is 44.3 Å². The van der Waals surface area contributed by atoms with Gasteiger partial charge in [0, 0.05) is 5.54 Å². The maximum absolute atomic E-state index is 12.0. The molecule has 1 fully saturated rings. The van der Waals surface area contributed by atoms with Crippen molar-refractivity contribution in [1.29, 1.82) is 0 Å². The Labute approximate surface area is 104 Å². The lowest BCUT2D eigenvalue weighted by Gasteiger charge is -2.34. The minimum absolute atomic E-state index is 0.0515. The second-order valence-electron chi connectivity index (χ2n) is 4.36.